The molecule has 1 aliphatic rings. The van der Waals surface area contributed by atoms with E-state index in [4.69, 9.17) is 23.2 Å². The van der Waals surface area contributed by atoms with Crippen molar-refractivity contribution in [1.82, 2.24) is 9.62 Å². The van der Waals surface area contributed by atoms with Gasteiger partial charge in [0.25, 0.3) is 0 Å². The topological polar surface area (TPSA) is 49.4 Å². The molecular weight excluding hydrogens is 415 g/mol. The average Bonchev–Trinajstić information content (AvgIpc) is 2.69. The van der Waals surface area contributed by atoms with Gasteiger partial charge in [0.1, 0.15) is 0 Å². The fourth-order valence-corrected chi connectivity index (χ4v) is 5.48. The fraction of sp³-hybridized carbons (Fsp3) is 0.429. The molecule has 1 N–H and O–H groups in total. The third kappa shape index (κ3) is 4.89. The highest BCUT2D eigenvalue weighted by Crippen LogP contribution is 2.29. The summed E-state index contributed by atoms with van der Waals surface area (Å²) in [7, 11) is -3.63. The SMILES string of the molecule is CC(C)c1ccc(S(=O)(=O)N(Cc2ccc(Cl)c(Cl)c2)C2CCNCC2)cc1. The molecule has 0 saturated carbocycles. The van der Waals surface area contributed by atoms with Crippen LogP contribution >= 0.6 is 23.2 Å². The molecule has 0 bridgehead atoms. The smallest absolute Gasteiger partial charge is 0.243 e. The van der Waals surface area contributed by atoms with Crippen LogP contribution in [-0.2, 0) is 16.6 Å². The number of piperidine rings is 1. The second kappa shape index (κ2) is 9.14. The van der Waals surface area contributed by atoms with E-state index in [1.54, 1.807) is 28.6 Å². The Balaban J connectivity index is 1.95. The van der Waals surface area contributed by atoms with Crippen molar-refractivity contribution in [2.45, 2.75) is 50.1 Å². The standard InChI is InChI=1S/C21H26Cl2N2O2S/c1-15(2)17-4-6-19(7-5-17)28(26,27)25(18-9-11-24-12-10-18)14-16-3-8-20(22)21(23)13-16/h3-8,13,15,18,24H,9-12,14H2,1-2H3. The van der Waals surface area contributed by atoms with Gasteiger partial charge in [0.2, 0.25) is 10.0 Å². The Morgan fingerprint density at radius 2 is 1.68 bits per heavy atom. The molecule has 1 fully saturated rings. The molecule has 28 heavy (non-hydrogen) atoms. The summed E-state index contributed by atoms with van der Waals surface area (Å²) in [5, 5.41) is 4.20. The zero-order valence-corrected chi connectivity index (χ0v) is 18.5. The van der Waals surface area contributed by atoms with Gasteiger partial charge in [-0.15, -0.1) is 0 Å². The first-order valence-electron chi connectivity index (χ1n) is 9.55. The van der Waals surface area contributed by atoms with E-state index in [9.17, 15) is 8.42 Å². The molecule has 3 rings (SSSR count). The molecule has 1 aliphatic heterocycles. The number of hydrogen-bond donors (Lipinski definition) is 1. The van der Waals surface area contributed by atoms with Crippen LogP contribution in [0.2, 0.25) is 10.0 Å². The predicted molar refractivity (Wildman–Crippen MR) is 116 cm³/mol. The molecule has 0 atom stereocenters. The molecule has 0 unspecified atom stereocenters. The van der Waals surface area contributed by atoms with Crippen LogP contribution in [0.1, 0.15) is 43.7 Å². The number of hydrogen-bond acceptors (Lipinski definition) is 3. The summed E-state index contributed by atoms with van der Waals surface area (Å²) in [6, 6.07) is 12.5. The van der Waals surface area contributed by atoms with Gasteiger partial charge in [-0.2, -0.15) is 4.31 Å². The first-order chi connectivity index (χ1) is 13.3. The van der Waals surface area contributed by atoms with Crippen LogP contribution in [0.25, 0.3) is 0 Å². The lowest BCUT2D eigenvalue weighted by Crippen LogP contribution is -2.45. The minimum atomic E-state index is -3.63. The minimum absolute atomic E-state index is 0.0505. The van der Waals surface area contributed by atoms with Crippen LogP contribution in [-0.4, -0.2) is 31.9 Å². The van der Waals surface area contributed by atoms with Crippen LogP contribution < -0.4 is 5.32 Å². The van der Waals surface area contributed by atoms with Crippen molar-refractivity contribution >= 4 is 33.2 Å². The highest BCUT2D eigenvalue weighted by Gasteiger charge is 2.32. The second-order valence-corrected chi connectivity index (χ2v) is 10.2. The van der Waals surface area contributed by atoms with Crippen molar-refractivity contribution in [2.75, 3.05) is 13.1 Å². The first kappa shape index (κ1) is 21.6. The molecule has 2 aromatic carbocycles. The Bertz CT molecular complexity index is 909. The first-order valence-corrected chi connectivity index (χ1v) is 11.7. The lowest BCUT2D eigenvalue weighted by Gasteiger charge is -2.34. The molecule has 7 heteroatoms. The number of nitrogens with zero attached hydrogens (tertiary/aromatic N) is 1. The van der Waals surface area contributed by atoms with Crippen molar-refractivity contribution in [1.29, 1.82) is 0 Å². The van der Waals surface area contributed by atoms with Gasteiger partial charge in [-0.3, -0.25) is 0 Å². The summed E-state index contributed by atoms with van der Waals surface area (Å²) in [4.78, 5) is 0.329. The summed E-state index contributed by atoms with van der Waals surface area (Å²) < 4.78 is 28.7. The maximum absolute atomic E-state index is 13.5. The third-order valence-corrected chi connectivity index (χ3v) is 7.84. The zero-order valence-electron chi connectivity index (χ0n) is 16.2. The van der Waals surface area contributed by atoms with Crippen LogP contribution in [0.5, 0.6) is 0 Å². The maximum Gasteiger partial charge on any atom is 0.243 e. The summed E-state index contributed by atoms with van der Waals surface area (Å²) in [5.74, 6) is 0.355. The fourth-order valence-electron chi connectivity index (χ4n) is 3.48. The Morgan fingerprint density at radius 3 is 2.25 bits per heavy atom. The van der Waals surface area contributed by atoms with Crippen molar-refractivity contribution < 1.29 is 8.42 Å². The Kier molecular flexibility index (Phi) is 7.05. The number of rotatable bonds is 6. The van der Waals surface area contributed by atoms with E-state index in [-0.39, 0.29) is 12.6 Å². The number of nitrogens with one attached hydrogen (secondary N) is 1. The molecular formula is C21H26Cl2N2O2S. The van der Waals surface area contributed by atoms with Gasteiger partial charge >= 0.3 is 0 Å². The molecule has 0 radical (unpaired) electrons. The van der Waals surface area contributed by atoms with Crippen molar-refractivity contribution in [3.8, 4) is 0 Å². The van der Waals surface area contributed by atoms with Gasteiger partial charge in [0, 0.05) is 12.6 Å². The van der Waals surface area contributed by atoms with Crippen LogP contribution in [0, 0.1) is 0 Å². The number of benzene rings is 2. The molecule has 0 amide bonds. The van der Waals surface area contributed by atoms with E-state index < -0.39 is 10.0 Å². The lowest BCUT2D eigenvalue weighted by molar-refractivity contribution is 0.256. The zero-order chi connectivity index (χ0) is 20.3. The van der Waals surface area contributed by atoms with Gasteiger partial charge < -0.3 is 5.32 Å². The van der Waals surface area contributed by atoms with Gasteiger partial charge in [-0.05, 0) is 67.2 Å². The van der Waals surface area contributed by atoms with Gasteiger partial charge in [0.05, 0.1) is 14.9 Å². The number of halogens is 2. The van der Waals surface area contributed by atoms with E-state index in [0.717, 1.165) is 37.1 Å². The Labute approximate surface area is 177 Å². The Morgan fingerprint density at radius 1 is 1.04 bits per heavy atom. The van der Waals surface area contributed by atoms with Gasteiger partial charge in [-0.25, -0.2) is 8.42 Å². The highest BCUT2D eigenvalue weighted by molar-refractivity contribution is 7.89. The molecule has 1 heterocycles. The summed E-state index contributed by atoms with van der Waals surface area (Å²) in [5.41, 5.74) is 1.95. The average molecular weight is 441 g/mol. The van der Waals surface area contributed by atoms with Crippen LogP contribution in [0.4, 0.5) is 0 Å². The number of sulfonamides is 1. The van der Waals surface area contributed by atoms with Crippen molar-refractivity contribution in [2.24, 2.45) is 0 Å². The van der Waals surface area contributed by atoms with E-state index in [2.05, 4.69) is 19.2 Å². The molecule has 1 saturated heterocycles. The predicted octanol–water partition coefficient (Wildman–Crippen LogP) is 5.06. The van der Waals surface area contributed by atoms with Gasteiger partial charge in [0.15, 0.2) is 0 Å². The minimum Gasteiger partial charge on any atom is -0.317 e. The van der Waals surface area contributed by atoms with Crippen LogP contribution in [0.3, 0.4) is 0 Å². The molecule has 152 valence electrons. The lowest BCUT2D eigenvalue weighted by atomic mass is 10.0. The van der Waals surface area contributed by atoms with Crippen molar-refractivity contribution in [3.63, 3.8) is 0 Å². The van der Waals surface area contributed by atoms with E-state index >= 15 is 0 Å². The maximum atomic E-state index is 13.5. The van der Waals surface area contributed by atoms with E-state index in [1.807, 2.05) is 18.2 Å². The summed E-state index contributed by atoms with van der Waals surface area (Å²) in [6.07, 6.45) is 1.56. The molecule has 0 aliphatic carbocycles. The third-order valence-electron chi connectivity index (χ3n) is 5.19. The second-order valence-electron chi connectivity index (χ2n) is 7.50. The largest absolute Gasteiger partial charge is 0.317 e. The van der Waals surface area contributed by atoms with Crippen LogP contribution in [0.15, 0.2) is 47.4 Å². The summed E-state index contributed by atoms with van der Waals surface area (Å²) in [6.45, 7) is 6.08. The summed E-state index contributed by atoms with van der Waals surface area (Å²) >= 11 is 12.2. The molecule has 0 aromatic heterocycles. The van der Waals surface area contributed by atoms with Crippen molar-refractivity contribution in [3.05, 3.63) is 63.6 Å². The monoisotopic (exact) mass is 440 g/mol. The molecule has 2 aromatic rings. The Hall–Kier alpha value is -1.11. The quantitative estimate of drug-likeness (QED) is 0.682. The highest BCUT2D eigenvalue weighted by atomic mass is 35.5. The van der Waals surface area contributed by atoms with E-state index in [1.165, 1.54) is 0 Å². The van der Waals surface area contributed by atoms with E-state index in [0.29, 0.717) is 20.9 Å². The molecule has 4 nitrogen and oxygen atoms in total. The normalized spacial score (nSPS) is 16.1. The molecule has 0 spiro atoms. The van der Waals surface area contributed by atoms with Gasteiger partial charge in [-0.1, -0.05) is 55.2 Å².